The van der Waals surface area contributed by atoms with Gasteiger partial charge in [-0.2, -0.15) is 0 Å². The van der Waals surface area contributed by atoms with E-state index in [0.717, 1.165) is 6.42 Å². The van der Waals surface area contributed by atoms with Crippen LogP contribution in [0.1, 0.15) is 26.2 Å². The SMILES string of the molecule is CCCC(CN)(CCOCCO)C(=O)O. The van der Waals surface area contributed by atoms with Gasteiger partial charge in [0.2, 0.25) is 0 Å². The third-order valence-electron chi connectivity index (χ3n) is 2.53. The van der Waals surface area contributed by atoms with Crippen molar-refractivity contribution in [2.45, 2.75) is 26.2 Å². The molecule has 0 amide bonds. The first-order valence-corrected chi connectivity index (χ1v) is 5.25. The van der Waals surface area contributed by atoms with Crippen LogP contribution >= 0.6 is 0 Å². The molecule has 0 aliphatic rings. The average Bonchev–Trinajstić information content (AvgIpc) is 2.22. The minimum atomic E-state index is -0.871. The maximum Gasteiger partial charge on any atom is 0.311 e. The number of aliphatic hydroxyl groups is 1. The highest BCUT2D eigenvalue weighted by molar-refractivity contribution is 5.74. The number of hydrogen-bond acceptors (Lipinski definition) is 4. The van der Waals surface area contributed by atoms with Gasteiger partial charge in [0, 0.05) is 13.2 Å². The summed E-state index contributed by atoms with van der Waals surface area (Å²) in [6.07, 6.45) is 1.73. The van der Waals surface area contributed by atoms with Gasteiger partial charge in [0.15, 0.2) is 0 Å². The van der Waals surface area contributed by atoms with Gasteiger partial charge in [-0.05, 0) is 12.8 Å². The number of hydrogen-bond donors (Lipinski definition) is 3. The van der Waals surface area contributed by atoms with Crippen molar-refractivity contribution in [2.75, 3.05) is 26.4 Å². The Balaban J connectivity index is 4.16. The van der Waals surface area contributed by atoms with Crippen LogP contribution < -0.4 is 5.73 Å². The molecular formula is C10H21NO4. The molecule has 5 heteroatoms. The van der Waals surface area contributed by atoms with E-state index in [9.17, 15) is 4.79 Å². The molecule has 0 aromatic heterocycles. The zero-order valence-corrected chi connectivity index (χ0v) is 9.24. The highest BCUT2D eigenvalue weighted by Gasteiger charge is 2.35. The van der Waals surface area contributed by atoms with Crippen LogP contribution in [0.5, 0.6) is 0 Å². The Labute approximate surface area is 90.2 Å². The van der Waals surface area contributed by atoms with Gasteiger partial charge in [-0.1, -0.05) is 13.3 Å². The summed E-state index contributed by atoms with van der Waals surface area (Å²) in [7, 11) is 0. The van der Waals surface area contributed by atoms with E-state index in [2.05, 4.69) is 0 Å². The lowest BCUT2D eigenvalue weighted by atomic mass is 9.80. The first kappa shape index (κ1) is 14.3. The molecule has 0 aliphatic carbocycles. The summed E-state index contributed by atoms with van der Waals surface area (Å²) in [4.78, 5) is 11.1. The molecule has 1 atom stereocenters. The molecule has 0 saturated heterocycles. The summed E-state index contributed by atoms with van der Waals surface area (Å²) in [6.45, 7) is 2.58. The number of carboxylic acids is 1. The Kier molecular flexibility index (Phi) is 7.29. The highest BCUT2D eigenvalue weighted by Crippen LogP contribution is 2.27. The molecule has 0 heterocycles. The lowest BCUT2D eigenvalue weighted by Gasteiger charge is -2.27. The lowest BCUT2D eigenvalue weighted by Crippen LogP contribution is -2.39. The van der Waals surface area contributed by atoms with Crippen molar-refractivity contribution in [3.63, 3.8) is 0 Å². The van der Waals surface area contributed by atoms with E-state index in [1.165, 1.54) is 0 Å². The summed E-state index contributed by atoms with van der Waals surface area (Å²) in [6, 6.07) is 0. The van der Waals surface area contributed by atoms with Crippen molar-refractivity contribution in [1.82, 2.24) is 0 Å². The van der Waals surface area contributed by atoms with E-state index in [1.54, 1.807) is 0 Å². The molecule has 0 aromatic carbocycles. The molecule has 0 rings (SSSR count). The molecule has 0 aromatic rings. The van der Waals surface area contributed by atoms with E-state index in [4.69, 9.17) is 20.7 Å². The van der Waals surface area contributed by atoms with Crippen molar-refractivity contribution in [2.24, 2.45) is 11.1 Å². The highest BCUT2D eigenvalue weighted by atomic mass is 16.5. The molecule has 5 nitrogen and oxygen atoms in total. The molecule has 0 bridgehead atoms. The predicted molar refractivity (Wildman–Crippen MR) is 56.6 cm³/mol. The van der Waals surface area contributed by atoms with Gasteiger partial charge in [0.05, 0.1) is 18.6 Å². The zero-order chi connectivity index (χ0) is 11.7. The Hall–Kier alpha value is -0.650. The van der Waals surface area contributed by atoms with Crippen molar-refractivity contribution in [1.29, 1.82) is 0 Å². The van der Waals surface area contributed by atoms with Crippen LogP contribution in [0.15, 0.2) is 0 Å². The maximum atomic E-state index is 11.1. The number of carboxylic acid groups (broad SMARTS) is 1. The summed E-state index contributed by atoms with van der Waals surface area (Å²) in [5.74, 6) is -0.862. The normalized spacial score (nSPS) is 14.9. The number of carbonyl (C=O) groups is 1. The molecule has 0 radical (unpaired) electrons. The van der Waals surface area contributed by atoms with E-state index in [0.29, 0.717) is 19.4 Å². The average molecular weight is 219 g/mol. The van der Waals surface area contributed by atoms with Crippen LogP contribution in [0.2, 0.25) is 0 Å². The Bertz CT molecular complexity index is 186. The topological polar surface area (TPSA) is 92.8 Å². The third kappa shape index (κ3) is 4.59. The monoisotopic (exact) mass is 219 g/mol. The fraction of sp³-hybridized carbons (Fsp3) is 0.900. The van der Waals surface area contributed by atoms with Crippen molar-refractivity contribution in [3.8, 4) is 0 Å². The molecule has 0 aliphatic heterocycles. The van der Waals surface area contributed by atoms with Crippen LogP contribution in [-0.2, 0) is 9.53 Å². The van der Waals surface area contributed by atoms with Crippen LogP contribution in [0, 0.1) is 5.41 Å². The summed E-state index contributed by atoms with van der Waals surface area (Å²) >= 11 is 0. The summed E-state index contributed by atoms with van der Waals surface area (Å²) < 4.78 is 5.07. The zero-order valence-electron chi connectivity index (χ0n) is 9.24. The van der Waals surface area contributed by atoms with E-state index in [1.807, 2.05) is 6.92 Å². The third-order valence-corrected chi connectivity index (χ3v) is 2.53. The van der Waals surface area contributed by atoms with Crippen LogP contribution in [0.4, 0.5) is 0 Å². The Morgan fingerprint density at radius 2 is 2.07 bits per heavy atom. The second-order valence-corrected chi connectivity index (χ2v) is 3.63. The minimum Gasteiger partial charge on any atom is -0.481 e. The van der Waals surface area contributed by atoms with Gasteiger partial charge >= 0.3 is 5.97 Å². The Morgan fingerprint density at radius 1 is 1.40 bits per heavy atom. The van der Waals surface area contributed by atoms with Crippen molar-refractivity contribution < 1.29 is 19.7 Å². The lowest BCUT2D eigenvalue weighted by molar-refractivity contribution is -0.150. The first-order valence-electron chi connectivity index (χ1n) is 5.25. The second kappa shape index (κ2) is 7.62. The number of rotatable bonds is 9. The van der Waals surface area contributed by atoms with Crippen LogP contribution in [-0.4, -0.2) is 42.5 Å². The van der Waals surface area contributed by atoms with Gasteiger partial charge in [-0.15, -0.1) is 0 Å². The fourth-order valence-corrected chi connectivity index (χ4v) is 1.54. The maximum absolute atomic E-state index is 11.1. The van der Waals surface area contributed by atoms with Crippen LogP contribution in [0.3, 0.4) is 0 Å². The molecule has 0 spiro atoms. The van der Waals surface area contributed by atoms with Gasteiger partial charge in [0.1, 0.15) is 0 Å². The Morgan fingerprint density at radius 3 is 2.47 bits per heavy atom. The molecule has 1 unspecified atom stereocenters. The number of aliphatic carboxylic acids is 1. The molecule has 4 N–H and O–H groups in total. The smallest absolute Gasteiger partial charge is 0.311 e. The molecule has 90 valence electrons. The molecule has 0 saturated carbocycles. The molecule has 0 fully saturated rings. The second-order valence-electron chi connectivity index (χ2n) is 3.63. The standard InChI is InChI=1S/C10H21NO4/c1-2-3-10(8-11,9(13)14)4-6-15-7-5-12/h12H,2-8,11H2,1H3,(H,13,14). The number of aliphatic hydroxyl groups excluding tert-OH is 1. The van der Waals surface area contributed by atoms with Crippen molar-refractivity contribution >= 4 is 5.97 Å². The quantitative estimate of drug-likeness (QED) is 0.482. The van der Waals surface area contributed by atoms with E-state index < -0.39 is 11.4 Å². The first-order chi connectivity index (χ1) is 7.13. The largest absolute Gasteiger partial charge is 0.481 e. The minimum absolute atomic E-state index is 0.0452. The van der Waals surface area contributed by atoms with Gasteiger partial charge < -0.3 is 20.7 Å². The predicted octanol–water partition coefficient (Wildman–Crippen LogP) is 0.215. The summed E-state index contributed by atoms with van der Waals surface area (Å²) in [5, 5.41) is 17.6. The number of nitrogens with two attached hydrogens (primary N) is 1. The van der Waals surface area contributed by atoms with Gasteiger partial charge in [-0.25, -0.2) is 0 Å². The van der Waals surface area contributed by atoms with Crippen molar-refractivity contribution in [3.05, 3.63) is 0 Å². The fourth-order valence-electron chi connectivity index (χ4n) is 1.54. The molecule has 15 heavy (non-hydrogen) atoms. The van der Waals surface area contributed by atoms with Crippen LogP contribution in [0.25, 0.3) is 0 Å². The summed E-state index contributed by atoms with van der Waals surface area (Å²) in [5.41, 5.74) is 4.65. The molecular weight excluding hydrogens is 198 g/mol. The van der Waals surface area contributed by atoms with Gasteiger partial charge in [-0.3, -0.25) is 4.79 Å². The van der Waals surface area contributed by atoms with E-state index >= 15 is 0 Å². The number of ether oxygens (including phenoxy) is 1. The van der Waals surface area contributed by atoms with Gasteiger partial charge in [0.25, 0.3) is 0 Å². The van der Waals surface area contributed by atoms with E-state index in [-0.39, 0.29) is 19.8 Å².